The van der Waals surface area contributed by atoms with Gasteiger partial charge in [-0.15, -0.1) is 0 Å². The van der Waals surface area contributed by atoms with E-state index in [0.717, 1.165) is 25.8 Å². The molecule has 1 rings (SSSR count). The van der Waals surface area contributed by atoms with E-state index in [4.69, 9.17) is 0 Å². The first-order valence-corrected chi connectivity index (χ1v) is 5.68. The Morgan fingerprint density at radius 1 is 1.57 bits per heavy atom. The molecule has 14 heavy (non-hydrogen) atoms. The van der Waals surface area contributed by atoms with E-state index in [1.807, 2.05) is 4.90 Å². The molecule has 0 bridgehead atoms. The summed E-state index contributed by atoms with van der Waals surface area (Å²) >= 11 is 0. The molecule has 1 unspecified atom stereocenters. The number of rotatable bonds is 5. The fourth-order valence-electron chi connectivity index (χ4n) is 1.86. The van der Waals surface area contributed by atoms with Gasteiger partial charge in [-0.2, -0.15) is 0 Å². The third kappa shape index (κ3) is 2.98. The lowest BCUT2D eigenvalue weighted by Gasteiger charge is -2.25. The summed E-state index contributed by atoms with van der Waals surface area (Å²) in [6.07, 6.45) is 3.62. The fraction of sp³-hybridized carbons (Fsp3) is 0.909. The van der Waals surface area contributed by atoms with Crippen LogP contribution in [0.4, 0.5) is 0 Å². The third-order valence-corrected chi connectivity index (χ3v) is 2.63. The van der Waals surface area contributed by atoms with Crippen molar-refractivity contribution in [3.8, 4) is 0 Å². The van der Waals surface area contributed by atoms with Crippen LogP contribution in [0.2, 0.25) is 0 Å². The van der Waals surface area contributed by atoms with Crippen molar-refractivity contribution in [3.05, 3.63) is 0 Å². The highest BCUT2D eigenvalue weighted by molar-refractivity contribution is 5.80. The van der Waals surface area contributed by atoms with Gasteiger partial charge in [0.05, 0.1) is 12.7 Å². The Kier molecular flexibility index (Phi) is 4.39. The predicted molar refractivity (Wildman–Crippen MR) is 57.9 cm³/mol. The average molecular weight is 198 g/mol. The van der Waals surface area contributed by atoms with Gasteiger partial charge in [-0.1, -0.05) is 27.2 Å². The Morgan fingerprint density at radius 2 is 2.29 bits per heavy atom. The summed E-state index contributed by atoms with van der Waals surface area (Å²) in [5.41, 5.74) is 0. The number of amides is 1. The largest absolute Gasteiger partial charge is 0.326 e. The topological polar surface area (TPSA) is 32.3 Å². The zero-order valence-corrected chi connectivity index (χ0v) is 9.55. The number of carbonyl (C=O) groups excluding carboxylic acids is 1. The van der Waals surface area contributed by atoms with E-state index in [2.05, 4.69) is 26.1 Å². The third-order valence-electron chi connectivity index (χ3n) is 2.63. The van der Waals surface area contributed by atoms with E-state index in [1.54, 1.807) is 0 Å². The summed E-state index contributed by atoms with van der Waals surface area (Å²) < 4.78 is 0. The molecule has 1 N–H and O–H groups in total. The quantitative estimate of drug-likeness (QED) is 0.727. The first kappa shape index (κ1) is 11.5. The molecule has 0 aromatic heterocycles. The second-order valence-electron chi connectivity index (χ2n) is 4.47. The van der Waals surface area contributed by atoms with Crippen molar-refractivity contribution in [3.63, 3.8) is 0 Å². The first-order chi connectivity index (χ1) is 6.65. The van der Waals surface area contributed by atoms with Gasteiger partial charge < -0.3 is 4.90 Å². The van der Waals surface area contributed by atoms with E-state index in [0.29, 0.717) is 12.5 Å². The molecule has 0 aliphatic carbocycles. The van der Waals surface area contributed by atoms with Gasteiger partial charge in [-0.25, -0.2) is 0 Å². The molecular weight excluding hydrogens is 176 g/mol. The van der Waals surface area contributed by atoms with E-state index in [9.17, 15) is 4.79 Å². The maximum Gasteiger partial charge on any atom is 0.237 e. The Morgan fingerprint density at radius 3 is 2.86 bits per heavy atom. The van der Waals surface area contributed by atoms with Gasteiger partial charge in [-0.05, 0) is 18.8 Å². The van der Waals surface area contributed by atoms with E-state index in [1.165, 1.54) is 0 Å². The second-order valence-corrected chi connectivity index (χ2v) is 4.47. The highest BCUT2D eigenvalue weighted by atomic mass is 16.2. The van der Waals surface area contributed by atoms with Gasteiger partial charge in [0.25, 0.3) is 0 Å². The van der Waals surface area contributed by atoms with Crippen molar-refractivity contribution < 1.29 is 4.79 Å². The van der Waals surface area contributed by atoms with Crippen molar-refractivity contribution >= 4 is 5.91 Å². The molecule has 0 aromatic rings. The van der Waals surface area contributed by atoms with Crippen LogP contribution in [0.25, 0.3) is 0 Å². The van der Waals surface area contributed by atoms with Crippen LogP contribution in [0, 0.1) is 5.92 Å². The first-order valence-electron chi connectivity index (χ1n) is 5.68. The molecule has 0 spiro atoms. The number of hydrogen-bond acceptors (Lipinski definition) is 2. The molecular formula is C11H22N2O. The molecule has 82 valence electrons. The highest BCUT2D eigenvalue weighted by Gasteiger charge is 2.29. The van der Waals surface area contributed by atoms with Crippen LogP contribution in [0.5, 0.6) is 0 Å². The van der Waals surface area contributed by atoms with Crippen molar-refractivity contribution in [2.75, 3.05) is 13.1 Å². The molecule has 0 aromatic carbocycles. The van der Waals surface area contributed by atoms with Gasteiger partial charge in [0.1, 0.15) is 0 Å². The van der Waals surface area contributed by atoms with Gasteiger partial charge in [0, 0.05) is 6.54 Å². The van der Waals surface area contributed by atoms with Crippen LogP contribution in [-0.2, 0) is 4.79 Å². The van der Waals surface area contributed by atoms with Gasteiger partial charge >= 0.3 is 0 Å². The van der Waals surface area contributed by atoms with Crippen molar-refractivity contribution in [1.29, 1.82) is 0 Å². The minimum absolute atomic E-state index is 0.268. The Balaban J connectivity index is 2.44. The maximum absolute atomic E-state index is 11.5. The standard InChI is InChI=1S/C11H22N2O/c1-4-5-6-13-10(7-9(2)3)12-8-11(13)14/h9-10,12H,4-8H2,1-3H3. The van der Waals surface area contributed by atoms with Gasteiger partial charge in [0.15, 0.2) is 0 Å². The number of nitrogens with zero attached hydrogens (tertiary/aromatic N) is 1. The summed E-state index contributed by atoms with van der Waals surface area (Å²) in [6.45, 7) is 8.00. The summed E-state index contributed by atoms with van der Waals surface area (Å²) in [4.78, 5) is 13.5. The summed E-state index contributed by atoms with van der Waals surface area (Å²) in [5, 5.41) is 3.27. The summed E-state index contributed by atoms with van der Waals surface area (Å²) in [6, 6.07) is 0. The molecule has 1 heterocycles. The fourth-order valence-corrected chi connectivity index (χ4v) is 1.86. The molecule has 1 atom stereocenters. The Bertz CT molecular complexity index is 192. The molecule has 1 amide bonds. The van der Waals surface area contributed by atoms with Crippen LogP contribution in [0.1, 0.15) is 40.0 Å². The lowest BCUT2D eigenvalue weighted by molar-refractivity contribution is -0.128. The minimum atomic E-state index is 0.268. The van der Waals surface area contributed by atoms with E-state index < -0.39 is 0 Å². The molecule has 3 heteroatoms. The second kappa shape index (κ2) is 5.35. The number of carbonyl (C=O) groups is 1. The lowest BCUT2D eigenvalue weighted by Crippen LogP contribution is -2.38. The van der Waals surface area contributed by atoms with Crippen molar-refractivity contribution in [2.45, 2.75) is 46.2 Å². The minimum Gasteiger partial charge on any atom is -0.326 e. The SMILES string of the molecule is CCCCN1C(=O)CNC1CC(C)C. The van der Waals surface area contributed by atoms with Gasteiger partial charge in [0.2, 0.25) is 5.91 Å². The predicted octanol–water partition coefficient (Wildman–Crippen LogP) is 1.59. The molecule has 1 aliphatic heterocycles. The monoisotopic (exact) mass is 198 g/mol. The Hall–Kier alpha value is -0.570. The molecule has 1 aliphatic rings. The zero-order valence-electron chi connectivity index (χ0n) is 9.55. The maximum atomic E-state index is 11.5. The Labute approximate surface area is 86.9 Å². The average Bonchev–Trinajstić information content (AvgIpc) is 2.44. The molecule has 3 nitrogen and oxygen atoms in total. The summed E-state index contributed by atoms with van der Waals surface area (Å²) in [7, 11) is 0. The molecule has 1 saturated heterocycles. The van der Waals surface area contributed by atoms with E-state index in [-0.39, 0.29) is 12.1 Å². The van der Waals surface area contributed by atoms with Crippen molar-refractivity contribution in [1.82, 2.24) is 10.2 Å². The van der Waals surface area contributed by atoms with Crippen LogP contribution in [0.3, 0.4) is 0 Å². The van der Waals surface area contributed by atoms with Crippen LogP contribution in [-0.4, -0.2) is 30.1 Å². The van der Waals surface area contributed by atoms with Crippen LogP contribution >= 0.6 is 0 Å². The van der Waals surface area contributed by atoms with Gasteiger partial charge in [-0.3, -0.25) is 10.1 Å². The normalized spacial score (nSPS) is 22.4. The van der Waals surface area contributed by atoms with Crippen LogP contribution < -0.4 is 5.32 Å². The lowest BCUT2D eigenvalue weighted by atomic mass is 10.1. The zero-order chi connectivity index (χ0) is 10.6. The van der Waals surface area contributed by atoms with E-state index >= 15 is 0 Å². The highest BCUT2D eigenvalue weighted by Crippen LogP contribution is 2.14. The number of nitrogens with one attached hydrogen (secondary N) is 1. The smallest absolute Gasteiger partial charge is 0.237 e. The number of hydrogen-bond donors (Lipinski definition) is 1. The molecule has 0 radical (unpaired) electrons. The molecule has 1 fully saturated rings. The van der Waals surface area contributed by atoms with Crippen molar-refractivity contribution in [2.24, 2.45) is 5.92 Å². The van der Waals surface area contributed by atoms with Crippen LogP contribution in [0.15, 0.2) is 0 Å². The summed E-state index contributed by atoms with van der Waals surface area (Å²) in [5.74, 6) is 0.909. The number of unbranched alkanes of at least 4 members (excludes halogenated alkanes) is 1. The molecule has 0 saturated carbocycles.